The summed E-state index contributed by atoms with van der Waals surface area (Å²) in [7, 11) is -4.76. The molecule has 0 saturated carbocycles. The molecule has 0 radical (unpaired) electrons. The molecule has 0 amide bonds. The Kier molecular flexibility index (Phi) is 45.9. The quantitative estimate of drug-likeness (QED) is 0.0269. The largest absolute Gasteiger partial charge is 0.469 e. The third-order valence-corrected chi connectivity index (χ3v) is 12.0. The molecule has 0 aliphatic rings. The summed E-state index contributed by atoms with van der Waals surface area (Å²) in [5.41, 5.74) is 0. The first-order chi connectivity index (χ1) is 29.3. The first kappa shape index (κ1) is 58.5. The molecule has 60 heavy (non-hydrogen) atoms. The monoisotopic (exact) mass is 869 g/mol. The maximum Gasteiger partial charge on any atom is 0.469 e. The van der Waals surface area contributed by atoms with Crippen molar-refractivity contribution in [2.24, 2.45) is 0 Å². The van der Waals surface area contributed by atoms with E-state index in [1.165, 1.54) is 186 Å². The van der Waals surface area contributed by atoms with Gasteiger partial charge in [0.2, 0.25) is 0 Å². The van der Waals surface area contributed by atoms with Gasteiger partial charge < -0.3 is 19.3 Å². The highest BCUT2D eigenvalue weighted by Gasteiger charge is 2.23. The molecular formula is C51H97O8P. The molecule has 0 aromatic rings. The molecule has 1 atom stereocenters. The van der Waals surface area contributed by atoms with Crippen LogP contribution < -0.4 is 0 Å². The van der Waals surface area contributed by atoms with Gasteiger partial charge in [0.25, 0.3) is 0 Å². The number of phosphoric ester groups is 1. The molecule has 0 bridgehead atoms. The van der Waals surface area contributed by atoms with Gasteiger partial charge in [0, 0.05) is 12.8 Å². The van der Waals surface area contributed by atoms with Gasteiger partial charge in [-0.05, 0) is 44.9 Å². The predicted molar refractivity (Wildman–Crippen MR) is 253 cm³/mol. The van der Waals surface area contributed by atoms with E-state index >= 15 is 0 Å². The van der Waals surface area contributed by atoms with Gasteiger partial charge in [-0.15, -0.1) is 0 Å². The van der Waals surface area contributed by atoms with Crippen LogP contribution in [0.25, 0.3) is 0 Å². The number of ether oxygens (including phenoxy) is 2. The van der Waals surface area contributed by atoms with Crippen LogP contribution in [0.2, 0.25) is 0 Å². The van der Waals surface area contributed by atoms with E-state index in [1.807, 2.05) is 0 Å². The average Bonchev–Trinajstić information content (AvgIpc) is 3.22. The number of hydrogen-bond donors (Lipinski definition) is 2. The smallest absolute Gasteiger partial charge is 0.462 e. The Morgan fingerprint density at radius 1 is 0.433 bits per heavy atom. The second kappa shape index (κ2) is 47.0. The lowest BCUT2D eigenvalue weighted by atomic mass is 10.0. The fraction of sp³-hybridized carbons (Fsp3) is 0.882. The van der Waals surface area contributed by atoms with Crippen molar-refractivity contribution in [1.82, 2.24) is 0 Å². The molecule has 0 fully saturated rings. The minimum atomic E-state index is -4.76. The van der Waals surface area contributed by atoms with Crippen LogP contribution in [0.5, 0.6) is 0 Å². The van der Waals surface area contributed by atoms with E-state index in [4.69, 9.17) is 19.3 Å². The van der Waals surface area contributed by atoms with Crippen molar-refractivity contribution < 1.29 is 37.9 Å². The predicted octanol–water partition coefficient (Wildman–Crippen LogP) is 16.3. The number of carbonyl (C=O) groups is 2. The van der Waals surface area contributed by atoms with Crippen LogP contribution >= 0.6 is 7.82 Å². The van der Waals surface area contributed by atoms with Crippen LogP contribution in [0.4, 0.5) is 0 Å². The minimum absolute atomic E-state index is 0.210. The van der Waals surface area contributed by atoms with Crippen molar-refractivity contribution in [1.29, 1.82) is 0 Å². The van der Waals surface area contributed by atoms with Crippen LogP contribution in [0.3, 0.4) is 0 Å². The first-order valence-corrected chi connectivity index (χ1v) is 27.2. The Hall–Kier alpha value is -1.47. The second-order valence-electron chi connectivity index (χ2n) is 17.5. The Bertz CT molecular complexity index is 1020. The summed E-state index contributed by atoms with van der Waals surface area (Å²) < 4.78 is 26.5. The van der Waals surface area contributed by atoms with Gasteiger partial charge in [0.05, 0.1) is 6.61 Å². The highest BCUT2D eigenvalue weighted by Crippen LogP contribution is 2.36. The molecule has 0 aromatic carbocycles. The molecule has 8 nitrogen and oxygen atoms in total. The molecule has 0 aliphatic heterocycles. The fourth-order valence-electron chi connectivity index (χ4n) is 7.64. The summed E-state index contributed by atoms with van der Waals surface area (Å²) >= 11 is 0. The Morgan fingerprint density at radius 2 is 0.750 bits per heavy atom. The highest BCUT2D eigenvalue weighted by molar-refractivity contribution is 7.46. The lowest BCUT2D eigenvalue weighted by Crippen LogP contribution is -2.29. The summed E-state index contributed by atoms with van der Waals surface area (Å²) in [5, 5.41) is 0. The number of unbranched alkanes of at least 4 members (excludes halogenated alkanes) is 34. The molecular weight excluding hydrogens is 772 g/mol. The zero-order valence-electron chi connectivity index (χ0n) is 39.4. The molecule has 2 N–H and O–H groups in total. The average molecular weight is 869 g/mol. The van der Waals surface area contributed by atoms with Crippen molar-refractivity contribution in [3.8, 4) is 0 Å². The number of rotatable bonds is 48. The van der Waals surface area contributed by atoms with Crippen LogP contribution in [0.15, 0.2) is 24.3 Å². The Balaban J connectivity index is 3.78. The van der Waals surface area contributed by atoms with E-state index in [0.29, 0.717) is 6.42 Å². The third kappa shape index (κ3) is 49.2. The summed E-state index contributed by atoms with van der Waals surface area (Å²) in [6.07, 6.45) is 56.3. The molecule has 0 aliphatic carbocycles. The number of allylic oxidation sites excluding steroid dienone is 4. The fourth-order valence-corrected chi connectivity index (χ4v) is 8.00. The number of phosphoric acid groups is 1. The van der Waals surface area contributed by atoms with E-state index in [9.17, 15) is 14.2 Å². The summed E-state index contributed by atoms with van der Waals surface area (Å²) in [6, 6.07) is 0. The van der Waals surface area contributed by atoms with Crippen LogP contribution in [-0.4, -0.2) is 41.0 Å². The van der Waals surface area contributed by atoms with Crippen molar-refractivity contribution in [3.63, 3.8) is 0 Å². The van der Waals surface area contributed by atoms with Gasteiger partial charge in [0.1, 0.15) is 6.61 Å². The highest BCUT2D eigenvalue weighted by atomic mass is 31.2. The Morgan fingerprint density at radius 3 is 1.13 bits per heavy atom. The SMILES string of the molecule is CCCCC/C=C/C/C=C/CCCCCCCCCCCC(=O)O[C@H](COC(=O)CCCCCCCCCCCCCCCCCCCCCCCCC)COP(=O)(O)O. The number of carbonyl (C=O) groups excluding carboxylic acids is 2. The standard InChI is InChI=1S/C51H97O8P/c1-3-5-7-9-11-13-15-17-19-21-23-24-25-26-28-29-31-33-35-37-39-41-43-45-50(52)57-47-49(48-58-60(54,55)56)59-51(53)46-44-42-40-38-36-34-32-30-27-22-20-18-16-14-12-10-8-6-4-2/h12,14,18,20,49H,3-11,13,15-17,19,21-48H2,1-2H3,(H2,54,55,56)/b14-12+,20-18+/t49-/m1/s1. The molecule has 0 aromatic heterocycles. The minimum Gasteiger partial charge on any atom is -0.462 e. The number of esters is 2. The van der Waals surface area contributed by atoms with Crippen molar-refractivity contribution in [2.45, 2.75) is 277 Å². The number of hydrogen-bond acceptors (Lipinski definition) is 6. The van der Waals surface area contributed by atoms with Gasteiger partial charge in [0.15, 0.2) is 6.10 Å². The molecule has 0 spiro atoms. The Labute approximate surface area is 370 Å². The summed E-state index contributed by atoms with van der Waals surface area (Å²) in [5.74, 6) is -0.874. The summed E-state index contributed by atoms with van der Waals surface area (Å²) in [6.45, 7) is 3.71. The van der Waals surface area contributed by atoms with Crippen LogP contribution in [-0.2, 0) is 28.2 Å². The maximum absolute atomic E-state index is 12.5. The topological polar surface area (TPSA) is 119 Å². The first-order valence-electron chi connectivity index (χ1n) is 25.6. The summed E-state index contributed by atoms with van der Waals surface area (Å²) in [4.78, 5) is 43.1. The van der Waals surface area contributed by atoms with Crippen molar-refractivity contribution in [3.05, 3.63) is 24.3 Å². The molecule has 0 unspecified atom stereocenters. The third-order valence-electron chi connectivity index (χ3n) is 11.5. The van der Waals surface area contributed by atoms with Gasteiger partial charge in [-0.3, -0.25) is 14.1 Å². The van der Waals surface area contributed by atoms with E-state index < -0.39 is 32.5 Å². The molecule has 0 saturated heterocycles. The van der Waals surface area contributed by atoms with Gasteiger partial charge in [-0.2, -0.15) is 0 Å². The second-order valence-corrected chi connectivity index (χ2v) is 18.7. The lowest BCUT2D eigenvalue weighted by molar-refractivity contribution is -0.161. The van der Waals surface area contributed by atoms with E-state index in [2.05, 4.69) is 42.7 Å². The molecule has 354 valence electrons. The van der Waals surface area contributed by atoms with E-state index in [1.54, 1.807) is 0 Å². The molecule has 0 rings (SSSR count). The van der Waals surface area contributed by atoms with Crippen LogP contribution in [0.1, 0.15) is 271 Å². The van der Waals surface area contributed by atoms with Crippen molar-refractivity contribution >= 4 is 19.8 Å². The normalized spacial score (nSPS) is 12.5. The van der Waals surface area contributed by atoms with Gasteiger partial charge in [-0.25, -0.2) is 4.57 Å². The zero-order chi connectivity index (χ0) is 43.9. The van der Waals surface area contributed by atoms with Gasteiger partial charge >= 0.3 is 19.8 Å². The van der Waals surface area contributed by atoms with Gasteiger partial charge in [-0.1, -0.05) is 237 Å². The maximum atomic E-state index is 12.5. The van der Waals surface area contributed by atoms with Crippen LogP contribution in [0, 0.1) is 0 Å². The zero-order valence-corrected chi connectivity index (χ0v) is 40.3. The molecule has 9 heteroatoms. The molecule has 0 heterocycles. The van der Waals surface area contributed by atoms with E-state index in [0.717, 1.165) is 51.4 Å². The lowest BCUT2D eigenvalue weighted by Gasteiger charge is -2.18. The van der Waals surface area contributed by atoms with E-state index in [-0.39, 0.29) is 19.4 Å². The van der Waals surface area contributed by atoms with Crippen molar-refractivity contribution in [2.75, 3.05) is 13.2 Å².